The van der Waals surface area contributed by atoms with Crippen LogP contribution in [0.2, 0.25) is 10.0 Å². The number of hydrogen-bond acceptors (Lipinski definition) is 4. The van der Waals surface area contributed by atoms with Crippen molar-refractivity contribution in [2.45, 2.75) is 38.0 Å². The maximum Gasteiger partial charge on any atom is 0.416 e. The monoisotopic (exact) mass is 635 g/mol. The highest BCUT2D eigenvalue weighted by atomic mass is 35.5. The topological polar surface area (TPSA) is 125 Å². The molecule has 0 bridgehead atoms. The van der Waals surface area contributed by atoms with Crippen LogP contribution in [-0.4, -0.2) is 35.3 Å². The molecule has 0 aromatic heterocycles. The van der Waals surface area contributed by atoms with E-state index in [1.54, 1.807) is 0 Å². The Hall–Kier alpha value is -4.09. The molecule has 4 rings (SSSR count). The Morgan fingerprint density at radius 1 is 0.953 bits per heavy atom. The second kappa shape index (κ2) is 13.5. The number of carboxylic acids is 1. The third kappa shape index (κ3) is 8.05. The number of hydrogen-bond donors (Lipinski definition) is 4. The van der Waals surface area contributed by atoms with Crippen LogP contribution in [0.3, 0.4) is 0 Å². The van der Waals surface area contributed by atoms with Crippen LogP contribution in [0.15, 0.2) is 60.7 Å². The van der Waals surface area contributed by atoms with E-state index in [2.05, 4.69) is 16.0 Å². The van der Waals surface area contributed by atoms with Gasteiger partial charge in [0.2, 0.25) is 0 Å². The number of aryl methyl sites for hydroxylation is 1. The highest BCUT2D eigenvalue weighted by Crippen LogP contribution is 2.32. The van der Waals surface area contributed by atoms with E-state index in [1.807, 2.05) is 24.3 Å². The van der Waals surface area contributed by atoms with Crippen LogP contribution in [-0.2, 0) is 23.9 Å². The van der Waals surface area contributed by atoms with Crippen molar-refractivity contribution >= 4 is 46.9 Å². The van der Waals surface area contributed by atoms with Crippen molar-refractivity contribution in [2.24, 2.45) is 5.92 Å². The van der Waals surface area contributed by atoms with Crippen molar-refractivity contribution in [3.8, 4) is 0 Å². The molecule has 4 N–H and O–H groups in total. The molecule has 0 fully saturated rings. The first-order chi connectivity index (χ1) is 20.3. The largest absolute Gasteiger partial charge is 0.481 e. The molecule has 43 heavy (non-hydrogen) atoms. The smallest absolute Gasteiger partial charge is 0.416 e. The van der Waals surface area contributed by atoms with E-state index < -0.39 is 47.8 Å². The van der Waals surface area contributed by atoms with Gasteiger partial charge in [0.15, 0.2) is 5.78 Å². The molecule has 3 amide bonds. The number of Topliss-reactive ketones (excluding diaryl/α,β-unsaturated/α-hetero) is 1. The Morgan fingerprint density at radius 3 is 2.33 bits per heavy atom. The molecule has 3 aromatic rings. The fourth-order valence-corrected chi connectivity index (χ4v) is 5.52. The number of nitrogens with one attached hydrogen (secondary N) is 3. The summed E-state index contributed by atoms with van der Waals surface area (Å²) >= 11 is 12.5. The lowest BCUT2D eigenvalue weighted by Gasteiger charge is -2.17. The maximum atomic E-state index is 13.0. The molecule has 1 aliphatic rings. The SMILES string of the molecule is O=C(NCC(CC(=O)c1c(Cl)cc(C(=O)NCc2cccc(C(F)(F)F)c2)cc1Cl)C(=O)O)NC1CCc2ccccc21. The number of rotatable bonds is 10. The van der Waals surface area contributed by atoms with Gasteiger partial charge in [-0.1, -0.05) is 59.6 Å². The highest BCUT2D eigenvalue weighted by molar-refractivity contribution is 6.40. The minimum absolute atomic E-state index is 0.0554. The summed E-state index contributed by atoms with van der Waals surface area (Å²) in [5, 5.41) is 17.0. The van der Waals surface area contributed by atoms with Crippen molar-refractivity contribution in [3.05, 3.63) is 104 Å². The summed E-state index contributed by atoms with van der Waals surface area (Å²) in [6, 6.07) is 13.7. The Balaban J connectivity index is 1.35. The van der Waals surface area contributed by atoms with Crippen LogP contribution in [0.25, 0.3) is 0 Å². The van der Waals surface area contributed by atoms with Crippen LogP contribution < -0.4 is 16.0 Å². The van der Waals surface area contributed by atoms with E-state index in [4.69, 9.17) is 23.2 Å². The van der Waals surface area contributed by atoms with Gasteiger partial charge in [0, 0.05) is 25.1 Å². The second-order valence-electron chi connectivity index (χ2n) is 10.0. The molecule has 226 valence electrons. The molecular formula is C30H26Cl2F3N3O5. The van der Waals surface area contributed by atoms with Crippen LogP contribution >= 0.6 is 23.2 Å². The van der Waals surface area contributed by atoms with Gasteiger partial charge in [-0.2, -0.15) is 13.2 Å². The van der Waals surface area contributed by atoms with Gasteiger partial charge < -0.3 is 21.1 Å². The van der Waals surface area contributed by atoms with E-state index in [0.29, 0.717) is 6.42 Å². The van der Waals surface area contributed by atoms with Crippen molar-refractivity contribution in [1.29, 1.82) is 0 Å². The fraction of sp³-hybridized carbons (Fsp3) is 0.267. The first-order valence-corrected chi connectivity index (χ1v) is 13.9. The van der Waals surface area contributed by atoms with E-state index in [0.717, 1.165) is 41.8 Å². The summed E-state index contributed by atoms with van der Waals surface area (Å²) in [6.45, 7) is -0.556. The lowest BCUT2D eigenvalue weighted by Crippen LogP contribution is -2.41. The van der Waals surface area contributed by atoms with Crippen LogP contribution in [0, 0.1) is 5.92 Å². The van der Waals surface area contributed by atoms with Crippen molar-refractivity contribution in [3.63, 3.8) is 0 Å². The quantitative estimate of drug-likeness (QED) is 0.197. The average Bonchev–Trinajstić information content (AvgIpc) is 3.35. The van der Waals surface area contributed by atoms with Gasteiger partial charge in [0.1, 0.15) is 0 Å². The Kier molecular flexibility index (Phi) is 9.98. The van der Waals surface area contributed by atoms with E-state index in [-0.39, 0.29) is 45.9 Å². The van der Waals surface area contributed by atoms with Gasteiger partial charge in [0.25, 0.3) is 5.91 Å². The first kappa shape index (κ1) is 31.8. The number of amides is 3. The Labute approximate surface area is 254 Å². The number of benzene rings is 3. The molecule has 8 nitrogen and oxygen atoms in total. The van der Waals surface area contributed by atoms with Gasteiger partial charge >= 0.3 is 18.2 Å². The average molecular weight is 636 g/mol. The third-order valence-electron chi connectivity index (χ3n) is 7.02. The summed E-state index contributed by atoms with van der Waals surface area (Å²) < 4.78 is 38.8. The molecular weight excluding hydrogens is 610 g/mol. The zero-order chi connectivity index (χ0) is 31.3. The molecule has 13 heteroatoms. The normalized spacial score (nSPS) is 14.9. The van der Waals surface area contributed by atoms with Crippen LogP contribution in [0.4, 0.5) is 18.0 Å². The van der Waals surface area contributed by atoms with Gasteiger partial charge in [-0.3, -0.25) is 14.4 Å². The predicted molar refractivity (Wildman–Crippen MR) is 153 cm³/mol. The maximum absolute atomic E-state index is 13.0. The van der Waals surface area contributed by atoms with Gasteiger partial charge in [-0.05, 0) is 53.8 Å². The molecule has 2 atom stereocenters. The zero-order valence-electron chi connectivity index (χ0n) is 22.4. The van der Waals surface area contributed by atoms with E-state index in [9.17, 15) is 37.5 Å². The molecule has 0 saturated heterocycles. The molecule has 0 spiro atoms. The zero-order valence-corrected chi connectivity index (χ0v) is 23.9. The standard InChI is InChI=1S/C30H26Cl2F3N3O5/c31-22-11-18(27(40)36-14-16-4-3-6-20(10-16)30(33,34)35)12-23(32)26(22)25(39)13-19(28(41)42)15-37-29(43)38-24-9-8-17-5-1-2-7-21(17)24/h1-7,10-12,19,24H,8-9,13-15H2,(H,36,40)(H,41,42)(H2,37,38,43). The highest BCUT2D eigenvalue weighted by Gasteiger charge is 2.31. The van der Waals surface area contributed by atoms with Crippen LogP contribution in [0.1, 0.15) is 61.9 Å². The lowest BCUT2D eigenvalue weighted by molar-refractivity contribution is -0.141. The summed E-state index contributed by atoms with van der Waals surface area (Å²) in [5.74, 6) is -4.04. The molecule has 0 aliphatic heterocycles. The number of urea groups is 1. The minimum atomic E-state index is -4.53. The van der Waals surface area contributed by atoms with Gasteiger partial charge in [-0.25, -0.2) is 4.79 Å². The number of carbonyl (C=O) groups is 4. The molecule has 3 aromatic carbocycles. The molecule has 0 radical (unpaired) electrons. The third-order valence-corrected chi connectivity index (χ3v) is 7.61. The van der Waals surface area contributed by atoms with Crippen LogP contribution in [0.5, 0.6) is 0 Å². The minimum Gasteiger partial charge on any atom is -0.481 e. The van der Waals surface area contributed by atoms with Crippen molar-refractivity contribution in [2.75, 3.05) is 6.54 Å². The number of fused-ring (bicyclic) bond motifs is 1. The lowest BCUT2D eigenvalue weighted by atomic mass is 9.97. The molecule has 0 heterocycles. The summed E-state index contributed by atoms with van der Waals surface area (Å²) in [7, 11) is 0. The Morgan fingerprint density at radius 2 is 1.65 bits per heavy atom. The number of aliphatic carboxylic acids is 1. The second-order valence-corrected chi connectivity index (χ2v) is 10.8. The number of alkyl halides is 3. The van der Waals surface area contributed by atoms with Crippen molar-refractivity contribution in [1.82, 2.24) is 16.0 Å². The van der Waals surface area contributed by atoms with Gasteiger partial charge in [0.05, 0.1) is 33.1 Å². The molecule has 2 unspecified atom stereocenters. The summed E-state index contributed by atoms with van der Waals surface area (Å²) in [6.07, 6.45) is -3.55. The fourth-order valence-electron chi connectivity index (χ4n) is 4.82. The Bertz CT molecular complexity index is 1540. The number of carbonyl (C=O) groups excluding carboxylic acids is 3. The molecule has 0 saturated carbocycles. The van der Waals surface area contributed by atoms with E-state index in [1.165, 1.54) is 12.1 Å². The number of carboxylic acid groups (broad SMARTS) is 1. The number of halogens is 5. The number of ketones is 1. The van der Waals surface area contributed by atoms with Crippen molar-refractivity contribution < 1.29 is 37.5 Å². The first-order valence-electron chi connectivity index (χ1n) is 13.1. The molecule has 1 aliphatic carbocycles. The van der Waals surface area contributed by atoms with E-state index >= 15 is 0 Å². The summed E-state index contributed by atoms with van der Waals surface area (Å²) in [5.41, 5.74) is 1.23. The van der Waals surface area contributed by atoms with Gasteiger partial charge in [-0.15, -0.1) is 0 Å². The summed E-state index contributed by atoms with van der Waals surface area (Å²) in [4.78, 5) is 50.0. The predicted octanol–water partition coefficient (Wildman–Crippen LogP) is 6.20.